The highest BCUT2D eigenvalue weighted by molar-refractivity contribution is 6.32. The molecule has 20 heavy (non-hydrogen) atoms. The van der Waals surface area contributed by atoms with Crippen LogP contribution in [0.1, 0.15) is 25.8 Å². The lowest BCUT2D eigenvalue weighted by atomic mass is 10.2. The van der Waals surface area contributed by atoms with Crippen molar-refractivity contribution < 1.29 is 14.3 Å². The Labute approximate surface area is 124 Å². The van der Waals surface area contributed by atoms with Crippen LogP contribution in [0.2, 0.25) is 5.02 Å². The molecule has 0 bridgehead atoms. The Morgan fingerprint density at radius 2 is 2.15 bits per heavy atom. The molecule has 0 unspecified atom stereocenters. The Hall–Kier alpha value is -1.46. The highest BCUT2D eigenvalue weighted by Gasteiger charge is 2.12. The lowest BCUT2D eigenvalue weighted by Crippen LogP contribution is -2.31. The van der Waals surface area contributed by atoms with Crippen molar-refractivity contribution in [1.82, 2.24) is 5.32 Å². The molecule has 0 aliphatic heterocycles. The molecule has 0 aliphatic carbocycles. The van der Waals surface area contributed by atoms with Gasteiger partial charge in [0.2, 0.25) is 5.91 Å². The van der Waals surface area contributed by atoms with Gasteiger partial charge in [0.05, 0.1) is 25.2 Å². The first kappa shape index (κ1) is 16.6. The van der Waals surface area contributed by atoms with E-state index in [4.69, 9.17) is 26.8 Å². The molecule has 0 atom stereocenters. The number of benzene rings is 1. The average Bonchev–Trinajstić information content (AvgIpc) is 2.39. The van der Waals surface area contributed by atoms with E-state index in [2.05, 4.69) is 5.32 Å². The Morgan fingerprint density at radius 3 is 2.70 bits per heavy atom. The zero-order valence-corrected chi connectivity index (χ0v) is 12.8. The van der Waals surface area contributed by atoms with Gasteiger partial charge >= 0.3 is 0 Å². The van der Waals surface area contributed by atoms with E-state index in [1.807, 2.05) is 13.8 Å². The molecule has 3 N–H and O–H groups in total. The second kappa shape index (κ2) is 7.97. The molecule has 1 aromatic carbocycles. The van der Waals surface area contributed by atoms with E-state index < -0.39 is 0 Å². The first-order valence-corrected chi connectivity index (χ1v) is 6.84. The molecular formula is C14H21ClN2O3. The van der Waals surface area contributed by atoms with E-state index in [-0.39, 0.29) is 25.0 Å². The van der Waals surface area contributed by atoms with Crippen LogP contribution in [0.4, 0.5) is 0 Å². The largest absolute Gasteiger partial charge is 0.493 e. The molecule has 0 aliphatic rings. The lowest BCUT2D eigenvalue weighted by molar-refractivity contribution is -0.122. The van der Waals surface area contributed by atoms with E-state index in [1.165, 1.54) is 7.11 Å². The summed E-state index contributed by atoms with van der Waals surface area (Å²) in [5.41, 5.74) is 6.43. The molecule has 0 saturated heterocycles. The standard InChI is InChI=1S/C14H21ClN2O3/c1-9(2)17-13(18)4-5-20-14-11(15)6-10(8-16)7-12(14)19-3/h6-7,9H,4-5,8,16H2,1-3H3,(H,17,18). The zero-order valence-electron chi connectivity index (χ0n) is 12.0. The maximum Gasteiger partial charge on any atom is 0.223 e. The van der Waals surface area contributed by atoms with Crippen LogP contribution in [0, 0.1) is 0 Å². The number of nitrogens with two attached hydrogens (primary N) is 1. The number of hydrogen-bond acceptors (Lipinski definition) is 4. The summed E-state index contributed by atoms with van der Waals surface area (Å²) in [6.07, 6.45) is 0.260. The van der Waals surface area contributed by atoms with Crippen molar-refractivity contribution >= 4 is 17.5 Å². The van der Waals surface area contributed by atoms with Crippen molar-refractivity contribution in [2.75, 3.05) is 13.7 Å². The van der Waals surface area contributed by atoms with E-state index in [0.29, 0.717) is 23.1 Å². The van der Waals surface area contributed by atoms with Gasteiger partial charge in [0.1, 0.15) is 0 Å². The summed E-state index contributed by atoms with van der Waals surface area (Å²) in [5, 5.41) is 3.22. The molecule has 6 heteroatoms. The molecule has 112 valence electrons. The average molecular weight is 301 g/mol. The predicted octanol–water partition coefficient (Wildman–Crippen LogP) is 2.10. The first-order chi connectivity index (χ1) is 9.47. The molecule has 1 rings (SSSR count). The SMILES string of the molecule is COc1cc(CN)cc(Cl)c1OCCC(=O)NC(C)C. The highest BCUT2D eigenvalue weighted by Crippen LogP contribution is 2.36. The summed E-state index contributed by atoms with van der Waals surface area (Å²) in [6.45, 7) is 4.41. The molecule has 1 amide bonds. The number of rotatable bonds is 7. The molecule has 1 aromatic rings. The third-order valence-electron chi connectivity index (χ3n) is 2.55. The molecular weight excluding hydrogens is 280 g/mol. The zero-order chi connectivity index (χ0) is 15.1. The van der Waals surface area contributed by atoms with Crippen LogP contribution in [0.25, 0.3) is 0 Å². The van der Waals surface area contributed by atoms with Crippen molar-refractivity contribution in [1.29, 1.82) is 0 Å². The molecule has 0 spiro atoms. The maximum absolute atomic E-state index is 11.5. The summed E-state index contributed by atoms with van der Waals surface area (Å²) < 4.78 is 10.8. The summed E-state index contributed by atoms with van der Waals surface area (Å²) in [4.78, 5) is 11.5. The molecule has 0 fully saturated rings. The van der Waals surface area contributed by atoms with Crippen molar-refractivity contribution in [2.24, 2.45) is 5.73 Å². The van der Waals surface area contributed by atoms with Crippen LogP contribution in [0.5, 0.6) is 11.5 Å². The minimum absolute atomic E-state index is 0.0614. The molecule has 0 saturated carbocycles. The lowest BCUT2D eigenvalue weighted by Gasteiger charge is -2.14. The van der Waals surface area contributed by atoms with E-state index in [1.54, 1.807) is 12.1 Å². The number of carbonyl (C=O) groups excluding carboxylic acids is 1. The normalized spacial score (nSPS) is 10.5. The van der Waals surface area contributed by atoms with Gasteiger partial charge in [0, 0.05) is 12.6 Å². The van der Waals surface area contributed by atoms with Crippen molar-refractivity contribution in [3.05, 3.63) is 22.7 Å². The second-order valence-corrected chi connectivity index (χ2v) is 5.04. The van der Waals surface area contributed by atoms with Gasteiger partial charge in [0.15, 0.2) is 11.5 Å². The van der Waals surface area contributed by atoms with Gasteiger partial charge in [-0.25, -0.2) is 0 Å². The van der Waals surface area contributed by atoms with Crippen molar-refractivity contribution in [3.8, 4) is 11.5 Å². The Morgan fingerprint density at radius 1 is 1.45 bits per heavy atom. The summed E-state index contributed by atoms with van der Waals surface area (Å²) in [7, 11) is 1.53. The van der Waals surface area contributed by atoms with Crippen LogP contribution >= 0.6 is 11.6 Å². The third-order valence-corrected chi connectivity index (χ3v) is 2.83. The number of ether oxygens (including phenoxy) is 2. The smallest absolute Gasteiger partial charge is 0.223 e. The van der Waals surface area contributed by atoms with Gasteiger partial charge in [-0.2, -0.15) is 0 Å². The van der Waals surface area contributed by atoms with Crippen molar-refractivity contribution in [3.63, 3.8) is 0 Å². The molecule has 0 heterocycles. The summed E-state index contributed by atoms with van der Waals surface area (Å²) in [6, 6.07) is 3.62. The van der Waals surface area contributed by atoms with Gasteiger partial charge < -0.3 is 20.5 Å². The second-order valence-electron chi connectivity index (χ2n) is 4.63. The van der Waals surface area contributed by atoms with Gasteiger partial charge in [-0.1, -0.05) is 11.6 Å². The summed E-state index contributed by atoms with van der Waals surface area (Å²) in [5.74, 6) is 0.889. The Kier molecular flexibility index (Phi) is 6.61. The van der Waals surface area contributed by atoms with Crippen LogP contribution in [0.15, 0.2) is 12.1 Å². The van der Waals surface area contributed by atoms with Crippen LogP contribution in [0.3, 0.4) is 0 Å². The minimum Gasteiger partial charge on any atom is -0.493 e. The van der Waals surface area contributed by atoms with Gasteiger partial charge in [-0.15, -0.1) is 0 Å². The number of halogens is 1. The molecule has 5 nitrogen and oxygen atoms in total. The Bertz CT molecular complexity index is 464. The maximum atomic E-state index is 11.5. The molecule has 0 aromatic heterocycles. The third kappa shape index (κ3) is 4.90. The summed E-state index contributed by atoms with van der Waals surface area (Å²) >= 11 is 6.13. The number of nitrogens with one attached hydrogen (secondary N) is 1. The molecule has 0 radical (unpaired) electrons. The van der Waals surface area contributed by atoms with E-state index >= 15 is 0 Å². The van der Waals surface area contributed by atoms with Gasteiger partial charge in [-0.3, -0.25) is 4.79 Å². The van der Waals surface area contributed by atoms with Crippen molar-refractivity contribution in [2.45, 2.75) is 32.9 Å². The predicted molar refractivity (Wildman–Crippen MR) is 79.3 cm³/mol. The quantitative estimate of drug-likeness (QED) is 0.809. The number of carbonyl (C=O) groups is 1. The number of hydrogen-bond donors (Lipinski definition) is 2. The first-order valence-electron chi connectivity index (χ1n) is 6.46. The number of amides is 1. The fraction of sp³-hybridized carbons (Fsp3) is 0.500. The van der Waals surface area contributed by atoms with Gasteiger partial charge in [0.25, 0.3) is 0 Å². The van der Waals surface area contributed by atoms with E-state index in [0.717, 1.165) is 5.56 Å². The van der Waals surface area contributed by atoms with Crippen LogP contribution in [-0.4, -0.2) is 25.7 Å². The Balaban J connectivity index is 2.66. The number of methoxy groups -OCH3 is 1. The van der Waals surface area contributed by atoms with E-state index in [9.17, 15) is 4.79 Å². The highest BCUT2D eigenvalue weighted by atomic mass is 35.5. The fourth-order valence-electron chi connectivity index (χ4n) is 1.67. The van der Waals surface area contributed by atoms with Crippen LogP contribution < -0.4 is 20.5 Å². The topological polar surface area (TPSA) is 73.6 Å². The minimum atomic E-state index is -0.0614. The monoisotopic (exact) mass is 300 g/mol. The fourth-order valence-corrected chi connectivity index (χ4v) is 1.96. The van der Waals surface area contributed by atoms with Crippen LogP contribution in [-0.2, 0) is 11.3 Å². The van der Waals surface area contributed by atoms with Gasteiger partial charge in [-0.05, 0) is 31.5 Å².